The van der Waals surface area contributed by atoms with Crippen LogP contribution in [-0.2, 0) is 11.2 Å². The number of rotatable bonds is 4. The highest BCUT2D eigenvalue weighted by molar-refractivity contribution is 5.79. The highest BCUT2D eigenvalue weighted by Gasteiger charge is 2.10. The summed E-state index contributed by atoms with van der Waals surface area (Å²) in [5.74, 6) is 0.803. The molecule has 1 aromatic rings. The standard InChI is InChI=1S/C12H18N2O2/c1-13-10-6-5-9(11(8-10)16-4)7-12(15)14(2)3/h5-6,8,13H,7H2,1-4H3. The molecule has 0 atom stereocenters. The maximum absolute atomic E-state index is 11.6. The van der Waals surface area contributed by atoms with Gasteiger partial charge in [-0.2, -0.15) is 0 Å². The van der Waals surface area contributed by atoms with Gasteiger partial charge in [-0.1, -0.05) is 6.07 Å². The molecule has 0 radical (unpaired) electrons. The van der Waals surface area contributed by atoms with E-state index in [2.05, 4.69) is 5.32 Å². The monoisotopic (exact) mass is 222 g/mol. The van der Waals surface area contributed by atoms with Crippen molar-refractivity contribution in [3.63, 3.8) is 0 Å². The van der Waals surface area contributed by atoms with Gasteiger partial charge in [-0.05, 0) is 6.07 Å². The number of benzene rings is 1. The van der Waals surface area contributed by atoms with Crippen molar-refractivity contribution in [2.75, 3.05) is 33.6 Å². The number of anilines is 1. The molecule has 4 nitrogen and oxygen atoms in total. The van der Waals surface area contributed by atoms with E-state index in [1.807, 2.05) is 25.2 Å². The average molecular weight is 222 g/mol. The largest absolute Gasteiger partial charge is 0.496 e. The SMILES string of the molecule is CNc1ccc(CC(=O)N(C)C)c(OC)c1. The highest BCUT2D eigenvalue weighted by Crippen LogP contribution is 2.23. The highest BCUT2D eigenvalue weighted by atomic mass is 16.5. The first kappa shape index (κ1) is 12.4. The molecule has 1 N–H and O–H groups in total. The van der Waals surface area contributed by atoms with E-state index in [1.165, 1.54) is 0 Å². The molecule has 0 bridgehead atoms. The Morgan fingerprint density at radius 1 is 1.44 bits per heavy atom. The molecule has 0 saturated carbocycles. The molecule has 1 aromatic carbocycles. The number of hydrogen-bond donors (Lipinski definition) is 1. The minimum absolute atomic E-state index is 0.0653. The lowest BCUT2D eigenvalue weighted by Gasteiger charge is -2.13. The van der Waals surface area contributed by atoms with Crippen LogP contribution in [0.5, 0.6) is 5.75 Å². The third kappa shape index (κ3) is 2.89. The lowest BCUT2D eigenvalue weighted by atomic mass is 10.1. The topological polar surface area (TPSA) is 41.6 Å². The summed E-state index contributed by atoms with van der Waals surface area (Å²) < 4.78 is 5.26. The van der Waals surface area contributed by atoms with Crippen molar-refractivity contribution in [2.45, 2.75) is 6.42 Å². The fourth-order valence-corrected chi connectivity index (χ4v) is 1.37. The quantitative estimate of drug-likeness (QED) is 0.836. The molecule has 0 spiro atoms. The van der Waals surface area contributed by atoms with Crippen LogP contribution in [0.3, 0.4) is 0 Å². The first-order valence-corrected chi connectivity index (χ1v) is 5.13. The Kier molecular flexibility index (Phi) is 4.17. The van der Waals surface area contributed by atoms with Gasteiger partial charge in [0.1, 0.15) is 5.75 Å². The van der Waals surface area contributed by atoms with Gasteiger partial charge < -0.3 is 15.0 Å². The molecule has 0 fully saturated rings. The maximum atomic E-state index is 11.6. The van der Waals surface area contributed by atoms with Gasteiger partial charge in [-0.15, -0.1) is 0 Å². The summed E-state index contributed by atoms with van der Waals surface area (Å²) in [5.41, 5.74) is 1.87. The number of carbonyl (C=O) groups is 1. The van der Waals surface area contributed by atoms with Gasteiger partial charge >= 0.3 is 0 Å². The predicted octanol–water partition coefficient (Wildman–Crippen LogP) is 1.37. The summed E-state index contributed by atoms with van der Waals surface area (Å²) in [6.07, 6.45) is 0.361. The summed E-state index contributed by atoms with van der Waals surface area (Å²) in [6.45, 7) is 0. The minimum Gasteiger partial charge on any atom is -0.496 e. The molecule has 0 aliphatic heterocycles. The lowest BCUT2D eigenvalue weighted by Crippen LogP contribution is -2.23. The van der Waals surface area contributed by atoms with Crippen molar-refractivity contribution in [3.8, 4) is 5.75 Å². The summed E-state index contributed by atoms with van der Waals surface area (Å²) in [5, 5.41) is 3.03. The Hall–Kier alpha value is -1.71. The van der Waals surface area contributed by atoms with Gasteiger partial charge in [0.05, 0.1) is 13.5 Å². The predicted molar refractivity (Wildman–Crippen MR) is 64.9 cm³/mol. The second-order valence-corrected chi connectivity index (χ2v) is 3.74. The molecule has 16 heavy (non-hydrogen) atoms. The average Bonchev–Trinajstić information content (AvgIpc) is 2.29. The Bertz CT molecular complexity index is 375. The van der Waals surface area contributed by atoms with Crippen LogP contribution in [0.25, 0.3) is 0 Å². The third-order valence-corrected chi connectivity index (χ3v) is 2.42. The molecule has 1 rings (SSSR count). The van der Waals surface area contributed by atoms with Crippen LogP contribution in [0.2, 0.25) is 0 Å². The summed E-state index contributed by atoms with van der Waals surface area (Å²) >= 11 is 0. The summed E-state index contributed by atoms with van der Waals surface area (Å²) in [4.78, 5) is 13.2. The zero-order valence-corrected chi connectivity index (χ0v) is 10.2. The lowest BCUT2D eigenvalue weighted by molar-refractivity contribution is -0.127. The normalized spacial score (nSPS) is 9.75. The molecule has 88 valence electrons. The van der Waals surface area contributed by atoms with E-state index in [-0.39, 0.29) is 5.91 Å². The van der Waals surface area contributed by atoms with Gasteiger partial charge in [0.25, 0.3) is 0 Å². The molecule has 0 aliphatic rings. The van der Waals surface area contributed by atoms with E-state index in [9.17, 15) is 4.79 Å². The molecule has 0 saturated heterocycles. The number of likely N-dealkylation sites (N-methyl/N-ethyl adjacent to an activating group) is 1. The van der Waals surface area contributed by atoms with E-state index in [0.29, 0.717) is 6.42 Å². The Labute approximate surface area is 96.2 Å². The first-order valence-electron chi connectivity index (χ1n) is 5.13. The van der Waals surface area contributed by atoms with Crippen LogP contribution in [0.15, 0.2) is 18.2 Å². The Morgan fingerprint density at radius 2 is 2.12 bits per heavy atom. The Morgan fingerprint density at radius 3 is 2.62 bits per heavy atom. The van der Waals surface area contributed by atoms with Crippen molar-refractivity contribution >= 4 is 11.6 Å². The number of nitrogens with one attached hydrogen (secondary N) is 1. The van der Waals surface area contributed by atoms with Crippen LogP contribution >= 0.6 is 0 Å². The van der Waals surface area contributed by atoms with Crippen LogP contribution in [0.4, 0.5) is 5.69 Å². The van der Waals surface area contributed by atoms with Crippen LogP contribution in [-0.4, -0.2) is 39.1 Å². The van der Waals surface area contributed by atoms with Gasteiger partial charge in [0.15, 0.2) is 0 Å². The van der Waals surface area contributed by atoms with Crippen molar-refractivity contribution < 1.29 is 9.53 Å². The second-order valence-electron chi connectivity index (χ2n) is 3.74. The van der Waals surface area contributed by atoms with Crippen LogP contribution in [0, 0.1) is 0 Å². The van der Waals surface area contributed by atoms with E-state index in [4.69, 9.17) is 4.74 Å². The summed E-state index contributed by atoms with van der Waals surface area (Å²) in [7, 11) is 6.95. The molecule has 0 heterocycles. The van der Waals surface area contributed by atoms with Crippen LogP contribution < -0.4 is 10.1 Å². The number of hydrogen-bond acceptors (Lipinski definition) is 3. The Balaban J connectivity index is 2.91. The van der Waals surface area contributed by atoms with E-state index in [0.717, 1.165) is 17.0 Å². The molecule has 0 aliphatic carbocycles. The van der Waals surface area contributed by atoms with Gasteiger partial charge in [-0.3, -0.25) is 4.79 Å². The van der Waals surface area contributed by atoms with E-state index in [1.54, 1.807) is 26.1 Å². The fraction of sp³-hybridized carbons (Fsp3) is 0.417. The fourth-order valence-electron chi connectivity index (χ4n) is 1.37. The zero-order valence-electron chi connectivity index (χ0n) is 10.2. The molecule has 1 amide bonds. The second kappa shape index (κ2) is 5.39. The summed E-state index contributed by atoms with van der Waals surface area (Å²) in [6, 6.07) is 5.73. The van der Waals surface area contributed by atoms with Gasteiger partial charge in [0, 0.05) is 38.5 Å². The number of nitrogens with zero attached hydrogens (tertiary/aromatic N) is 1. The van der Waals surface area contributed by atoms with Crippen molar-refractivity contribution in [1.82, 2.24) is 4.90 Å². The molecule has 0 unspecified atom stereocenters. The molecule has 0 aromatic heterocycles. The van der Waals surface area contributed by atoms with Gasteiger partial charge in [-0.25, -0.2) is 0 Å². The molecule has 4 heteroatoms. The molecular formula is C12H18N2O2. The maximum Gasteiger partial charge on any atom is 0.226 e. The van der Waals surface area contributed by atoms with Gasteiger partial charge in [0.2, 0.25) is 5.91 Å². The number of amides is 1. The van der Waals surface area contributed by atoms with E-state index < -0.39 is 0 Å². The smallest absolute Gasteiger partial charge is 0.226 e. The first-order chi connectivity index (χ1) is 7.58. The minimum atomic E-state index is 0.0653. The number of methoxy groups -OCH3 is 1. The zero-order chi connectivity index (χ0) is 12.1. The van der Waals surface area contributed by atoms with Crippen LogP contribution in [0.1, 0.15) is 5.56 Å². The van der Waals surface area contributed by atoms with Crippen molar-refractivity contribution in [2.24, 2.45) is 0 Å². The molecular weight excluding hydrogens is 204 g/mol. The third-order valence-electron chi connectivity index (χ3n) is 2.42. The van der Waals surface area contributed by atoms with Crippen molar-refractivity contribution in [1.29, 1.82) is 0 Å². The van der Waals surface area contributed by atoms with Crippen molar-refractivity contribution in [3.05, 3.63) is 23.8 Å². The number of ether oxygens (including phenoxy) is 1. The number of carbonyl (C=O) groups excluding carboxylic acids is 1. The van der Waals surface area contributed by atoms with E-state index >= 15 is 0 Å².